The minimum Gasteiger partial charge on any atom is -0.336 e. The maximum Gasteiger partial charge on any atom is 0.285 e. The van der Waals surface area contributed by atoms with Crippen LogP contribution < -0.4 is 5.32 Å². The van der Waals surface area contributed by atoms with Crippen LogP contribution in [0.5, 0.6) is 0 Å². The zero-order valence-electron chi connectivity index (χ0n) is 7.45. The minimum atomic E-state index is -3.63. The first kappa shape index (κ1) is 12.1. The molecular weight excluding hydrogens is 194 g/mol. The molecule has 5 nitrogen and oxygen atoms in total. The third-order valence-electron chi connectivity index (χ3n) is 1.08. The number of hydrogen-bond donors (Lipinski definition) is 1. The Bertz CT molecular complexity index is 270. The molecule has 0 rings (SSSR count). The highest BCUT2D eigenvalue weighted by molar-refractivity contribution is 7.86. The van der Waals surface area contributed by atoms with Crippen molar-refractivity contribution in [1.82, 2.24) is 5.32 Å². The summed E-state index contributed by atoms with van der Waals surface area (Å²) in [6.45, 7) is 5.10. The Hall–Kier alpha value is -0.880. The quantitative estimate of drug-likeness (QED) is 0.491. The fourth-order valence-corrected chi connectivity index (χ4v) is 1.31. The van der Waals surface area contributed by atoms with Crippen LogP contribution in [-0.4, -0.2) is 26.8 Å². The predicted molar refractivity (Wildman–Crippen MR) is 48.4 cm³/mol. The molecule has 0 aliphatic heterocycles. The molecule has 0 aromatic carbocycles. The zero-order chi connectivity index (χ0) is 10.3. The number of carbonyl (C=O) groups excluding carboxylic acids is 1. The summed E-state index contributed by atoms with van der Waals surface area (Å²) < 4.78 is 26.4. The first-order valence-corrected chi connectivity index (χ1v) is 5.37. The molecule has 0 aliphatic carbocycles. The molecule has 0 atom stereocenters. The average Bonchev–Trinajstić information content (AvgIpc) is 2.11. The van der Waals surface area contributed by atoms with Gasteiger partial charge in [-0.05, 0) is 12.5 Å². The van der Waals surface area contributed by atoms with Gasteiger partial charge in [0.15, 0.2) is 0 Å². The molecule has 1 amide bonds. The molecule has 1 N–H and O–H groups in total. The maximum atomic E-state index is 10.9. The molecule has 76 valence electrons. The Morgan fingerprint density at radius 3 is 2.69 bits per heavy atom. The van der Waals surface area contributed by atoms with Crippen molar-refractivity contribution >= 4 is 16.0 Å². The Morgan fingerprint density at radius 1 is 1.62 bits per heavy atom. The van der Waals surface area contributed by atoms with Crippen molar-refractivity contribution in [3.63, 3.8) is 0 Å². The summed E-state index contributed by atoms with van der Waals surface area (Å²) in [7, 11) is -3.63. The van der Waals surface area contributed by atoms with Gasteiger partial charge in [0.1, 0.15) is 5.88 Å². The average molecular weight is 207 g/mol. The monoisotopic (exact) mass is 207 g/mol. The smallest absolute Gasteiger partial charge is 0.285 e. The minimum absolute atomic E-state index is 0.131. The van der Waals surface area contributed by atoms with Gasteiger partial charge in [0.25, 0.3) is 10.1 Å². The van der Waals surface area contributed by atoms with E-state index >= 15 is 0 Å². The fraction of sp³-hybridized carbons (Fsp3) is 0.571. The molecule has 0 spiro atoms. The number of carbonyl (C=O) groups is 1. The predicted octanol–water partition coefficient (Wildman–Crippen LogP) is 0.00250. The lowest BCUT2D eigenvalue weighted by atomic mass is 10.5. The molecule has 0 saturated carbocycles. The van der Waals surface area contributed by atoms with Gasteiger partial charge in [-0.25, -0.2) is 0 Å². The van der Waals surface area contributed by atoms with E-state index in [2.05, 4.69) is 16.1 Å². The van der Waals surface area contributed by atoms with Crippen molar-refractivity contribution in [2.24, 2.45) is 0 Å². The Kier molecular flexibility index (Phi) is 5.33. The van der Waals surface area contributed by atoms with Crippen molar-refractivity contribution in [2.45, 2.75) is 13.3 Å². The molecule has 0 radical (unpaired) electrons. The molecule has 6 heteroatoms. The van der Waals surface area contributed by atoms with Gasteiger partial charge in [0, 0.05) is 0 Å². The van der Waals surface area contributed by atoms with Crippen molar-refractivity contribution in [2.75, 3.05) is 12.5 Å². The zero-order valence-corrected chi connectivity index (χ0v) is 8.26. The lowest BCUT2D eigenvalue weighted by molar-refractivity contribution is -0.116. The van der Waals surface area contributed by atoms with E-state index in [0.717, 1.165) is 6.08 Å². The molecule has 0 aliphatic rings. The second-order valence-corrected chi connectivity index (χ2v) is 3.91. The fourth-order valence-electron chi connectivity index (χ4n) is 0.484. The Morgan fingerprint density at radius 2 is 2.23 bits per heavy atom. The molecule has 0 bridgehead atoms. The van der Waals surface area contributed by atoms with Crippen LogP contribution in [0.1, 0.15) is 13.3 Å². The van der Waals surface area contributed by atoms with Gasteiger partial charge in [-0.15, -0.1) is 0 Å². The van der Waals surface area contributed by atoms with Crippen molar-refractivity contribution in [3.8, 4) is 0 Å². The normalized spacial score (nSPS) is 10.8. The highest BCUT2D eigenvalue weighted by Crippen LogP contribution is 1.92. The van der Waals surface area contributed by atoms with E-state index in [0.29, 0.717) is 6.42 Å². The van der Waals surface area contributed by atoms with Gasteiger partial charge in [0.05, 0.1) is 6.61 Å². The summed E-state index contributed by atoms with van der Waals surface area (Å²) >= 11 is 0. The molecule has 0 saturated heterocycles. The molecule has 0 aromatic heterocycles. The van der Waals surface area contributed by atoms with Gasteiger partial charge in [-0.2, -0.15) is 8.42 Å². The van der Waals surface area contributed by atoms with E-state index in [1.807, 2.05) is 0 Å². The van der Waals surface area contributed by atoms with Gasteiger partial charge >= 0.3 is 0 Å². The Balaban J connectivity index is 3.89. The lowest BCUT2D eigenvalue weighted by Gasteiger charge is -2.04. The van der Waals surface area contributed by atoms with E-state index < -0.39 is 21.9 Å². The molecule has 0 heterocycles. The van der Waals surface area contributed by atoms with E-state index in [1.165, 1.54) is 0 Å². The number of hydrogen-bond acceptors (Lipinski definition) is 4. The number of rotatable bonds is 6. The number of amides is 1. The van der Waals surface area contributed by atoms with Crippen molar-refractivity contribution in [1.29, 1.82) is 0 Å². The lowest BCUT2D eigenvalue weighted by Crippen LogP contribution is -2.29. The third kappa shape index (κ3) is 6.30. The maximum absolute atomic E-state index is 10.9. The van der Waals surface area contributed by atoms with Crippen LogP contribution >= 0.6 is 0 Å². The standard InChI is InChI=1S/C7H13NO4S/c1-3-5-12-13(10,11)6-8-7(9)4-2/h4H,2-3,5-6H2,1H3,(H,8,9). The van der Waals surface area contributed by atoms with E-state index in [-0.39, 0.29) is 6.61 Å². The van der Waals surface area contributed by atoms with E-state index in [9.17, 15) is 13.2 Å². The summed E-state index contributed by atoms with van der Waals surface area (Å²) in [5.74, 6) is -1.05. The van der Waals surface area contributed by atoms with Crippen molar-refractivity contribution < 1.29 is 17.4 Å². The molecule has 0 fully saturated rings. The topological polar surface area (TPSA) is 72.5 Å². The largest absolute Gasteiger partial charge is 0.336 e. The second-order valence-electron chi connectivity index (χ2n) is 2.27. The van der Waals surface area contributed by atoms with Crippen LogP contribution in [0.4, 0.5) is 0 Å². The SMILES string of the molecule is C=CC(=O)NCS(=O)(=O)OCCC. The van der Waals surface area contributed by atoms with Crippen LogP contribution in [0, 0.1) is 0 Å². The second kappa shape index (κ2) is 5.71. The summed E-state index contributed by atoms with van der Waals surface area (Å²) in [6, 6.07) is 0. The molecule has 0 unspecified atom stereocenters. The van der Waals surface area contributed by atoms with Gasteiger partial charge in [-0.1, -0.05) is 13.5 Å². The van der Waals surface area contributed by atoms with Crippen LogP contribution in [0.15, 0.2) is 12.7 Å². The highest BCUT2D eigenvalue weighted by atomic mass is 32.2. The first-order chi connectivity index (χ1) is 6.02. The summed E-state index contributed by atoms with van der Waals surface area (Å²) in [6.07, 6.45) is 1.60. The van der Waals surface area contributed by atoms with Crippen LogP contribution in [-0.2, 0) is 19.1 Å². The number of nitrogens with one attached hydrogen (secondary N) is 1. The molecule has 13 heavy (non-hydrogen) atoms. The van der Waals surface area contributed by atoms with Gasteiger partial charge < -0.3 is 5.32 Å². The molecular formula is C7H13NO4S. The van der Waals surface area contributed by atoms with E-state index in [1.54, 1.807) is 6.92 Å². The molecule has 0 aromatic rings. The highest BCUT2D eigenvalue weighted by Gasteiger charge is 2.10. The van der Waals surface area contributed by atoms with Crippen LogP contribution in [0.25, 0.3) is 0 Å². The summed E-state index contributed by atoms with van der Waals surface area (Å²) in [4.78, 5) is 10.6. The Labute approximate surface area is 77.9 Å². The first-order valence-electron chi connectivity index (χ1n) is 3.79. The summed E-state index contributed by atoms with van der Waals surface area (Å²) in [5.41, 5.74) is 0. The van der Waals surface area contributed by atoms with Crippen molar-refractivity contribution in [3.05, 3.63) is 12.7 Å². The summed E-state index contributed by atoms with van der Waals surface area (Å²) in [5, 5.41) is 2.11. The third-order valence-corrected chi connectivity index (χ3v) is 2.10. The van der Waals surface area contributed by atoms with E-state index in [4.69, 9.17) is 0 Å². The van der Waals surface area contributed by atoms with Gasteiger partial charge in [0.2, 0.25) is 5.91 Å². The van der Waals surface area contributed by atoms with Gasteiger partial charge in [-0.3, -0.25) is 8.98 Å². The van der Waals surface area contributed by atoms with Crippen LogP contribution in [0.2, 0.25) is 0 Å². The van der Waals surface area contributed by atoms with Crippen LogP contribution in [0.3, 0.4) is 0 Å².